The Kier molecular flexibility index (Phi) is 5.74. The molecule has 1 saturated heterocycles. The highest BCUT2D eigenvalue weighted by molar-refractivity contribution is 6.02. The van der Waals surface area contributed by atoms with Crippen LogP contribution in [-0.4, -0.2) is 35.5 Å². The molecule has 1 aliphatic rings. The molecule has 0 atom stereocenters. The molecule has 1 heterocycles. The van der Waals surface area contributed by atoms with Crippen LogP contribution in [0.15, 0.2) is 96.0 Å². The van der Waals surface area contributed by atoms with Crippen LogP contribution in [0.3, 0.4) is 0 Å². The predicted molar refractivity (Wildman–Crippen MR) is 113 cm³/mol. The van der Waals surface area contributed by atoms with E-state index in [9.17, 15) is 18.0 Å². The van der Waals surface area contributed by atoms with Crippen LogP contribution in [0.4, 0.5) is 13.2 Å². The van der Waals surface area contributed by atoms with E-state index in [1.54, 1.807) is 30.3 Å². The summed E-state index contributed by atoms with van der Waals surface area (Å²) in [5.41, 5.74) is 2.46. The van der Waals surface area contributed by atoms with Gasteiger partial charge >= 0.3 is 12.1 Å². The standard InChI is InChI=1S/C25H22F3N2O/c26-25(27,28)24(31)29-23(21-15-8-3-9-16-21)30(17-10-18-30)22(19-11-4-1-5-12-19)20-13-6-2-7-14-20/h1-9,11-16,22H,10,17-18H2/q+1. The summed E-state index contributed by atoms with van der Waals surface area (Å²) in [6, 6.07) is 27.8. The molecular weight excluding hydrogens is 401 g/mol. The lowest BCUT2D eigenvalue weighted by atomic mass is 9.89. The van der Waals surface area contributed by atoms with Crippen LogP contribution in [0.2, 0.25) is 0 Å². The number of quaternary nitrogens is 1. The van der Waals surface area contributed by atoms with Crippen LogP contribution >= 0.6 is 0 Å². The lowest BCUT2D eigenvalue weighted by Crippen LogP contribution is -2.64. The molecule has 0 N–H and O–H groups in total. The van der Waals surface area contributed by atoms with E-state index in [-0.39, 0.29) is 16.4 Å². The molecule has 3 nitrogen and oxygen atoms in total. The number of rotatable bonds is 4. The average Bonchev–Trinajstić information content (AvgIpc) is 2.76. The van der Waals surface area contributed by atoms with Crippen molar-refractivity contribution < 1.29 is 22.4 Å². The normalized spacial score (nSPS) is 16.1. The average molecular weight is 423 g/mol. The van der Waals surface area contributed by atoms with Crippen molar-refractivity contribution in [1.29, 1.82) is 0 Å². The molecule has 0 aliphatic carbocycles. The highest BCUT2D eigenvalue weighted by Crippen LogP contribution is 2.42. The van der Waals surface area contributed by atoms with Gasteiger partial charge in [0.25, 0.3) is 0 Å². The maximum absolute atomic E-state index is 13.2. The molecule has 0 unspecified atom stereocenters. The number of halogens is 3. The number of hydrogen-bond donors (Lipinski definition) is 0. The fourth-order valence-electron chi connectivity index (χ4n) is 4.29. The molecule has 3 aromatic rings. The Labute approximate surface area is 179 Å². The molecular formula is C25H22F3N2O+. The van der Waals surface area contributed by atoms with Crippen molar-refractivity contribution >= 4 is 11.7 Å². The van der Waals surface area contributed by atoms with Crippen LogP contribution in [0.25, 0.3) is 0 Å². The molecule has 1 aliphatic heterocycles. The van der Waals surface area contributed by atoms with E-state index >= 15 is 0 Å². The lowest BCUT2D eigenvalue weighted by Gasteiger charge is -2.50. The van der Waals surface area contributed by atoms with Crippen molar-refractivity contribution in [2.45, 2.75) is 18.6 Å². The fourth-order valence-corrected chi connectivity index (χ4v) is 4.29. The van der Waals surface area contributed by atoms with Gasteiger partial charge in [0.1, 0.15) is 6.04 Å². The number of carbonyl (C=O) groups excluding carboxylic acids is 1. The first-order valence-electron chi connectivity index (χ1n) is 10.1. The summed E-state index contributed by atoms with van der Waals surface area (Å²) >= 11 is 0. The third-order valence-corrected chi connectivity index (χ3v) is 5.74. The molecule has 0 saturated carbocycles. The van der Waals surface area contributed by atoms with Gasteiger partial charge in [0.2, 0.25) is 5.84 Å². The third kappa shape index (κ3) is 4.16. The van der Waals surface area contributed by atoms with Gasteiger partial charge in [-0.25, -0.2) is 0 Å². The number of benzene rings is 3. The molecule has 0 aromatic heterocycles. The summed E-state index contributed by atoms with van der Waals surface area (Å²) in [7, 11) is 0. The summed E-state index contributed by atoms with van der Waals surface area (Å²) in [4.78, 5) is 15.7. The highest BCUT2D eigenvalue weighted by Gasteiger charge is 2.51. The number of alkyl halides is 3. The molecule has 31 heavy (non-hydrogen) atoms. The topological polar surface area (TPSA) is 29.4 Å². The molecule has 6 heteroatoms. The van der Waals surface area contributed by atoms with Gasteiger partial charge in [-0.15, -0.1) is 0 Å². The second kappa shape index (κ2) is 8.47. The maximum Gasteiger partial charge on any atom is 0.473 e. The van der Waals surface area contributed by atoms with E-state index in [4.69, 9.17) is 0 Å². The lowest BCUT2D eigenvalue weighted by molar-refractivity contribution is -0.905. The number of nitrogens with zero attached hydrogens (tertiary/aromatic N) is 2. The van der Waals surface area contributed by atoms with Crippen molar-refractivity contribution in [2.75, 3.05) is 13.1 Å². The first kappa shape index (κ1) is 21.0. The summed E-state index contributed by atoms with van der Waals surface area (Å²) in [5, 5.41) is 0. The minimum Gasteiger partial charge on any atom is -0.264 e. The zero-order valence-corrected chi connectivity index (χ0v) is 16.8. The van der Waals surface area contributed by atoms with Crippen LogP contribution in [0.5, 0.6) is 0 Å². The highest BCUT2D eigenvalue weighted by atomic mass is 19.4. The van der Waals surface area contributed by atoms with Crippen molar-refractivity contribution in [1.82, 2.24) is 0 Å². The maximum atomic E-state index is 13.2. The SMILES string of the molecule is O=C(N=C(c1ccccc1)[N+]1(C(c2ccccc2)c2ccccc2)CCC1)C(F)(F)F. The molecule has 3 aromatic carbocycles. The van der Waals surface area contributed by atoms with Gasteiger partial charge in [-0.3, -0.25) is 9.28 Å². The van der Waals surface area contributed by atoms with E-state index in [0.717, 1.165) is 17.5 Å². The molecule has 158 valence electrons. The van der Waals surface area contributed by atoms with Crippen molar-refractivity contribution in [3.8, 4) is 0 Å². The first-order valence-corrected chi connectivity index (χ1v) is 10.1. The van der Waals surface area contributed by atoms with Gasteiger partial charge < -0.3 is 0 Å². The smallest absolute Gasteiger partial charge is 0.264 e. The van der Waals surface area contributed by atoms with Gasteiger partial charge in [0, 0.05) is 17.5 Å². The Balaban J connectivity index is 1.94. The monoisotopic (exact) mass is 423 g/mol. The molecule has 1 fully saturated rings. The van der Waals surface area contributed by atoms with Gasteiger partial charge in [-0.05, 0) is 12.1 Å². The van der Waals surface area contributed by atoms with Crippen LogP contribution in [0, 0.1) is 0 Å². The van der Waals surface area contributed by atoms with Crippen molar-refractivity contribution in [2.24, 2.45) is 4.99 Å². The minimum atomic E-state index is -5.02. The molecule has 0 radical (unpaired) electrons. The van der Waals surface area contributed by atoms with Crippen LogP contribution in [0.1, 0.15) is 29.2 Å². The second-order valence-corrected chi connectivity index (χ2v) is 7.66. The molecule has 1 amide bonds. The van der Waals surface area contributed by atoms with Crippen LogP contribution < -0.4 is 0 Å². The molecule has 0 bridgehead atoms. The Morgan fingerprint density at radius 2 is 1.23 bits per heavy atom. The van der Waals surface area contributed by atoms with Gasteiger partial charge in [-0.1, -0.05) is 78.9 Å². The van der Waals surface area contributed by atoms with Gasteiger partial charge in [0.15, 0.2) is 0 Å². The fraction of sp³-hybridized carbons (Fsp3) is 0.200. The van der Waals surface area contributed by atoms with E-state index in [0.29, 0.717) is 18.7 Å². The summed E-state index contributed by atoms with van der Waals surface area (Å²) in [6.07, 6.45) is -4.19. The number of likely N-dealkylation sites (tertiary alicyclic amines) is 1. The summed E-state index contributed by atoms with van der Waals surface area (Å²) in [6.45, 7) is 1.18. The quantitative estimate of drug-likeness (QED) is 0.308. The van der Waals surface area contributed by atoms with Crippen molar-refractivity contribution in [3.05, 3.63) is 108 Å². The van der Waals surface area contributed by atoms with E-state index in [1.807, 2.05) is 60.7 Å². The summed E-state index contributed by atoms with van der Waals surface area (Å²) in [5.74, 6) is -1.91. The second-order valence-electron chi connectivity index (χ2n) is 7.66. The predicted octanol–water partition coefficient (Wildman–Crippen LogP) is 5.53. The number of amidine groups is 1. The Morgan fingerprint density at radius 1 is 0.774 bits per heavy atom. The van der Waals surface area contributed by atoms with Crippen molar-refractivity contribution in [3.63, 3.8) is 0 Å². The molecule has 4 rings (SSSR count). The first-order chi connectivity index (χ1) is 14.9. The zero-order chi connectivity index (χ0) is 21.9. The van der Waals surface area contributed by atoms with Gasteiger partial charge in [-0.2, -0.15) is 18.2 Å². The van der Waals surface area contributed by atoms with Crippen LogP contribution in [-0.2, 0) is 4.79 Å². The summed E-state index contributed by atoms with van der Waals surface area (Å²) < 4.78 is 39.8. The largest absolute Gasteiger partial charge is 0.473 e. The zero-order valence-electron chi connectivity index (χ0n) is 16.8. The minimum absolute atomic E-state index is 0.159. The Hall–Kier alpha value is -3.25. The molecule has 0 spiro atoms. The van der Waals surface area contributed by atoms with E-state index in [2.05, 4.69) is 4.99 Å². The number of hydrogen-bond acceptors (Lipinski definition) is 1. The van der Waals surface area contributed by atoms with E-state index in [1.165, 1.54) is 0 Å². The van der Waals surface area contributed by atoms with E-state index < -0.39 is 12.1 Å². The third-order valence-electron chi connectivity index (χ3n) is 5.74. The number of carbonyl (C=O) groups is 1. The Morgan fingerprint density at radius 3 is 1.61 bits per heavy atom. The number of amides is 1. The van der Waals surface area contributed by atoms with Gasteiger partial charge in [0.05, 0.1) is 18.7 Å². The Bertz CT molecular complexity index is 1020. The number of aliphatic imine (C=N–C) groups is 1.